The first-order valence-corrected chi connectivity index (χ1v) is 11.8. The summed E-state index contributed by atoms with van der Waals surface area (Å²) in [5, 5.41) is 16.9. The van der Waals surface area contributed by atoms with Crippen LogP contribution in [0.15, 0.2) is 142 Å². The molecular weight excluding hydrogens is 476 g/mol. The second-order valence-corrected chi connectivity index (χ2v) is 8.25. The van der Waals surface area contributed by atoms with Crippen LogP contribution in [0.2, 0.25) is 0 Å². The van der Waals surface area contributed by atoms with Crippen molar-refractivity contribution in [3.05, 3.63) is 121 Å². The Hall–Kier alpha value is -5.50. The second kappa shape index (κ2) is 11.5. The summed E-state index contributed by atoms with van der Waals surface area (Å²) in [6.45, 7) is 0. The minimum atomic E-state index is 0.687. The van der Waals surface area contributed by atoms with E-state index in [9.17, 15) is 0 Å². The van der Waals surface area contributed by atoms with Crippen LogP contribution in [-0.2, 0) is 0 Å². The summed E-state index contributed by atoms with van der Waals surface area (Å²) in [6, 6.07) is 36.5. The Bertz CT molecular complexity index is 1410. The summed E-state index contributed by atoms with van der Waals surface area (Å²) in [4.78, 5) is 0. The van der Waals surface area contributed by atoms with E-state index in [-0.39, 0.29) is 0 Å². The molecule has 0 saturated heterocycles. The van der Waals surface area contributed by atoms with E-state index in [4.69, 9.17) is 20.9 Å². The van der Waals surface area contributed by atoms with Gasteiger partial charge in [-0.05, 0) is 121 Å². The largest absolute Gasteiger partial charge is 0.457 e. The quantitative estimate of drug-likeness (QED) is 0.163. The molecule has 0 aromatic heterocycles. The second-order valence-electron chi connectivity index (χ2n) is 8.25. The number of hydrogen-bond donors (Lipinski definition) is 2. The van der Waals surface area contributed by atoms with Crippen LogP contribution in [0.3, 0.4) is 0 Å². The summed E-state index contributed by atoms with van der Waals surface area (Å²) >= 11 is 0. The maximum atomic E-state index is 5.93. The van der Waals surface area contributed by atoms with Gasteiger partial charge < -0.3 is 20.9 Å². The number of anilines is 2. The summed E-state index contributed by atoms with van der Waals surface area (Å²) in [6.07, 6.45) is 0. The number of rotatable bonds is 8. The number of nitrogen functional groups attached to an aromatic ring is 2. The highest BCUT2D eigenvalue weighted by atomic mass is 16.5. The van der Waals surface area contributed by atoms with Gasteiger partial charge in [-0.15, -0.1) is 0 Å². The average molecular weight is 501 g/mol. The Labute approximate surface area is 219 Å². The minimum Gasteiger partial charge on any atom is -0.457 e. The predicted octanol–water partition coefficient (Wildman–Crippen LogP) is 9.27. The van der Waals surface area contributed by atoms with Gasteiger partial charge in [-0.2, -0.15) is 20.5 Å². The fourth-order valence-electron chi connectivity index (χ4n) is 3.32. The lowest BCUT2D eigenvalue weighted by atomic mass is 10.3. The predicted molar refractivity (Wildman–Crippen MR) is 150 cm³/mol. The Balaban J connectivity index is 1.14. The Kier molecular flexibility index (Phi) is 7.32. The molecule has 0 fully saturated rings. The van der Waals surface area contributed by atoms with E-state index in [1.165, 1.54) is 0 Å². The molecule has 4 N–H and O–H groups in total. The van der Waals surface area contributed by atoms with Crippen LogP contribution in [0.25, 0.3) is 0 Å². The molecule has 0 saturated carbocycles. The van der Waals surface area contributed by atoms with Gasteiger partial charge in [0.1, 0.15) is 23.0 Å². The molecule has 0 bridgehead atoms. The molecule has 8 heteroatoms. The van der Waals surface area contributed by atoms with Gasteiger partial charge in [-0.3, -0.25) is 0 Å². The first-order valence-electron chi connectivity index (χ1n) is 11.8. The van der Waals surface area contributed by atoms with Crippen LogP contribution >= 0.6 is 0 Å². The number of nitrogens with two attached hydrogens (primary N) is 2. The molecular formula is C30H24N6O2. The van der Waals surface area contributed by atoms with E-state index in [0.717, 1.165) is 22.7 Å². The van der Waals surface area contributed by atoms with Gasteiger partial charge in [0.05, 0.1) is 22.7 Å². The van der Waals surface area contributed by atoms with Crippen LogP contribution in [0, 0.1) is 0 Å². The van der Waals surface area contributed by atoms with E-state index >= 15 is 0 Å². The van der Waals surface area contributed by atoms with Gasteiger partial charge in [0.25, 0.3) is 0 Å². The zero-order chi connectivity index (χ0) is 26.2. The fourth-order valence-corrected chi connectivity index (χ4v) is 3.32. The molecule has 5 aromatic rings. The Morgan fingerprint density at radius 1 is 0.316 bits per heavy atom. The molecule has 38 heavy (non-hydrogen) atoms. The van der Waals surface area contributed by atoms with Crippen molar-refractivity contribution < 1.29 is 9.47 Å². The molecule has 0 radical (unpaired) electrons. The van der Waals surface area contributed by atoms with Crippen molar-refractivity contribution in [1.29, 1.82) is 0 Å². The number of nitrogens with zero attached hydrogens (tertiary/aromatic N) is 4. The Morgan fingerprint density at radius 3 is 0.789 bits per heavy atom. The van der Waals surface area contributed by atoms with Crippen LogP contribution in [0.4, 0.5) is 34.1 Å². The highest BCUT2D eigenvalue weighted by Gasteiger charge is 2.02. The molecule has 186 valence electrons. The van der Waals surface area contributed by atoms with Gasteiger partial charge in [-0.1, -0.05) is 0 Å². The number of benzene rings is 5. The monoisotopic (exact) mass is 500 g/mol. The van der Waals surface area contributed by atoms with Gasteiger partial charge in [0.2, 0.25) is 0 Å². The molecule has 0 amide bonds. The lowest BCUT2D eigenvalue weighted by Gasteiger charge is -2.08. The third kappa shape index (κ3) is 6.79. The first kappa shape index (κ1) is 24.2. The van der Waals surface area contributed by atoms with Crippen LogP contribution in [-0.4, -0.2) is 0 Å². The van der Waals surface area contributed by atoms with Crippen LogP contribution < -0.4 is 20.9 Å². The third-order valence-corrected chi connectivity index (χ3v) is 5.32. The van der Waals surface area contributed by atoms with Gasteiger partial charge in [-0.25, -0.2) is 0 Å². The standard InChI is InChI=1S/C30H24N6O2/c31-21-1-5-23(6-2-21)33-35-25-9-13-27(14-10-25)37-29-17-19-30(20-18-29)38-28-15-11-26(12-16-28)36-34-24-7-3-22(32)4-8-24/h1-20H,31-32H2. The van der Waals surface area contributed by atoms with Gasteiger partial charge >= 0.3 is 0 Å². The van der Waals surface area contributed by atoms with Crippen molar-refractivity contribution in [3.8, 4) is 23.0 Å². The van der Waals surface area contributed by atoms with Crippen LogP contribution in [0.5, 0.6) is 23.0 Å². The molecule has 0 aliphatic carbocycles. The number of ether oxygens (including phenoxy) is 2. The maximum Gasteiger partial charge on any atom is 0.127 e. The molecule has 0 spiro atoms. The average Bonchev–Trinajstić information content (AvgIpc) is 2.95. The van der Waals surface area contributed by atoms with E-state index in [2.05, 4.69) is 20.5 Å². The minimum absolute atomic E-state index is 0.687. The highest BCUT2D eigenvalue weighted by Crippen LogP contribution is 2.29. The molecule has 0 unspecified atom stereocenters. The molecule has 5 rings (SSSR count). The van der Waals surface area contributed by atoms with E-state index < -0.39 is 0 Å². The lowest BCUT2D eigenvalue weighted by Crippen LogP contribution is -1.86. The molecule has 0 heterocycles. The van der Waals surface area contributed by atoms with Gasteiger partial charge in [0, 0.05) is 11.4 Å². The summed E-state index contributed by atoms with van der Waals surface area (Å²) < 4.78 is 11.9. The van der Waals surface area contributed by atoms with E-state index in [1.807, 2.05) is 97.1 Å². The smallest absolute Gasteiger partial charge is 0.127 e. The molecule has 0 atom stereocenters. The number of hydrogen-bond acceptors (Lipinski definition) is 8. The summed E-state index contributed by atoms with van der Waals surface area (Å²) in [5.74, 6) is 2.75. The fraction of sp³-hybridized carbons (Fsp3) is 0. The SMILES string of the molecule is Nc1ccc(N=Nc2ccc(Oc3ccc(Oc4ccc(N=Nc5ccc(N)cc5)cc4)cc3)cc2)cc1. The van der Waals surface area contributed by atoms with E-state index in [0.29, 0.717) is 34.4 Å². The van der Waals surface area contributed by atoms with Crippen molar-refractivity contribution in [2.24, 2.45) is 20.5 Å². The lowest BCUT2D eigenvalue weighted by molar-refractivity contribution is 0.469. The van der Waals surface area contributed by atoms with Crippen LogP contribution in [0.1, 0.15) is 0 Å². The van der Waals surface area contributed by atoms with E-state index in [1.54, 1.807) is 24.3 Å². The normalized spacial score (nSPS) is 11.2. The van der Waals surface area contributed by atoms with Crippen molar-refractivity contribution in [2.75, 3.05) is 11.5 Å². The van der Waals surface area contributed by atoms with Gasteiger partial charge in [0.15, 0.2) is 0 Å². The molecule has 0 aliphatic rings. The zero-order valence-corrected chi connectivity index (χ0v) is 20.3. The molecule has 5 aromatic carbocycles. The molecule has 8 nitrogen and oxygen atoms in total. The number of azo groups is 2. The van der Waals surface area contributed by atoms with Crippen molar-refractivity contribution >= 4 is 34.1 Å². The molecule has 0 aliphatic heterocycles. The van der Waals surface area contributed by atoms with Crippen molar-refractivity contribution in [2.45, 2.75) is 0 Å². The summed E-state index contributed by atoms with van der Waals surface area (Å²) in [5.41, 5.74) is 15.7. The zero-order valence-electron chi connectivity index (χ0n) is 20.3. The highest BCUT2D eigenvalue weighted by molar-refractivity contribution is 5.50. The summed E-state index contributed by atoms with van der Waals surface area (Å²) in [7, 11) is 0. The topological polar surface area (TPSA) is 120 Å². The van der Waals surface area contributed by atoms with Crippen molar-refractivity contribution in [1.82, 2.24) is 0 Å². The Morgan fingerprint density at radius 2 is 0.526 bits per heavy atom. The maximum absolute atomic E-state index is 5.93. The third-order valence-electron chi connectivity index (χ3n) is 5.32. The first-order chi connectivity index (χ1) is 18.6. The van der Waals surface area contributed by atoms with Crippen molar-refractivity contribution in [3.63, 3.8) is 0 Å².